The van der Waals surface area contributed by atoms with Gasteiger partial charge in [-0.2, -0.15) is 0 Å². The average molecular weight is 318 g/mol. The predicted octanol–water partition coefficient (Wildman–Crippen LogP) is 2.22. The highest BCUT2D eigenvalue weighted by atomic mass is 19.1. The summed E-state index contributed by atoms with van der Waals surface area (Å²) in [6.45, 7) is 2.53. The summed E-state index contributed by atoms with van der Waals surface area (Å²) in [7, 11) is 1.68. The summed E-state index contributed by atoms with van der Waals surface area (Å²) < 4.78 is 18.4. The number of hydrogen-bond donors (Lipinski definition) is 1. The molecule has 1 aromatic carbocycles. The number of nitrogens with one attached hydrogen (secondary N) is 1. The minimum absolute atomic E-state index is 0.231. The Hall–Kier alpha value is -2.70. The minimum Gasteiger partial charge on any atom is -0.489 e. The van der Waals surface area contributed by atoms with Gasteiger partial charge in [0.05, 0.1) is 25.0 Å². The van der Waals surface area contributed by atoms with Crippen LogP contribution in [0.15, 0.2) is 42.9 Å². The van der Waals surface area contributed by atoms with Crippen LogP contribution in [0.25, 0.3) is 0 Å². The Morgan fingerprint density at radius 1 is 1.35 bits per heavy atom. The first kappa shape index (κ1) is 16.7. The Morgan fingerprint density at radius 3 is 2.74 bits per heavy atom. The molecule has 1 atom stereocenters. The van der Waals surface area contributed by atoms with Crippen LogP contribution < -0.4 is 10.1 Å². The van der Waals surface area contributed by atoms with Crippen LogP contribution in [-0.2, 0) is 6.54 Å². The normalized spacial score (nSPS) is 11.6. The molecule has 7 heteroatoms. The maximum atomic E-state index is 12.8. The summed E-state index contributed by atoms with van der Waals surface area (Å²) >= 11 is 0. The zero-order chi connectivity index (χ0) is 16.7. The number of amides is 2. The highest BCUT2D eigenvalue weighted by Gasteiger charge is 2.12. The summed E-state index contributed by atoms with van der Waals surface area (Å²) in [6.07, 6.45) is 4.54. The van der Waals surface area contributed by atoms with E-state index in [9.17, 15) is 9.18 Å². The van der Waals surface area contributed by atoms with Gasteiger partial charge >= 0.3 is 6.03 Å². The van der Waals surface area contributed by atoms with Gasteiger partial charge in [0, 0.05) is 19.4 Å². The molecular formula is C16H19FN4O2. The van der Waals surface area contributed by atoms with E-state index in [1.807, 2.05) is 6.92 Å². The first-order valence-electron chi connectivity index (χ1n) is 7.20. The molecule has 2 rings (SSSR count). The fourth-order valence-electron chi connectivity index (χ4n) is 1.88. The number of halogens is 1. The van der Waals surface area contributed by atoms with Gasteiger partial charge in [-0.1, -0.05) is 0 Å². The van der Waals surface area contributed by atoms with Crippen LogP contribution in [0.5, 0.6) is 5.75 Å². The third kappa shape index (κ3) is 5.54. The Morgan fingerprint density at radius 2 is 2.09 bits per heavy atom. The summed E-state index contributed by atoms with van der Waals surface area (Å²) in [6, 6.07) is 5.52. The van der Waals surface area contributed by atoms with Crippen molar-refractivity contribution in [1.82, 2.24) is 20.2 Å². The van der Waals surface area contributed by atoms with Crippen molar-refractivity contribution < 1.29 is 13.9 Å². The second-order valence-corrected chi connectivity index (χ2v) is 5.12. The summed E-state index contributed by atoms with van der Waals surface area (Å²) in [4.78, 5) is 21.6. The van der Waals surface area contributed by atoms with Crippen LogP contribution >= 0.6 is 0 Å². The predicted molar refractivity (Wildman–Crippen MR) is 83.4 cm³/mol. The van der Waals surface area contributed by atoms with Gasteiger partial charge in [0.1, 0.15) is 17.7 Å². The molecule has 0 bridgehead atoms. The van der Waals surface area contributed by atoms with Gasteiger partial charge in [-0.15, -0.1) is 0 Å². The molecule has 0 saturated heterocycles. The zero-order valence-electron chi connectivity index (χ0n) is 13.1. The SMILES string of the molecule is C[C@H](CNC(=O)N(C)Cc1cnccn1)Oc1ccc(F)cc1. The van der Waals surface area contributed by atoms with Crippen LogP contribution in [0.1, 0.15) is 12.6 Å². The maximum Gasteiger partial charge on any atom is 0.317 e. The maximum absolute atomic E-state index is 12.8. The standard InChI is InChI=1S/C16H19FN4O2/c1-12(23-15-5-3-13(17)4-6-15)9-20-16(22)21(2)11-14-10-18-7-8-19-14/h3-8,10,12H,9,11H2,1-2H3,(H,20,22)/t12-/m1/s1. The van der Waals surface area contributed by atoms with Gasteiger partial charge in [-0.3, -0.25) is 9.97 Å². The molecule has 0 aliphatic carbocycles. The number of aromatic nitrogens is 2. The summed E-state index contributed by atoms with van der Waals surface area (Å²) in [5, 5.41) is 2.77. The van der Waals surface area contributed by atoms with Crippen LogP contribution in [0.4, 0.5) is 9.18 Å². The van der Waals surface area contributed by atoms with E-state index in [2.05, 4.69) is 15.3 Å². The number of carbonyl (C=O) groups excluding carboxylic acids is 1. The molecule has 122 valence electrons. The molecule has 1 aromatic heterocycles. The van der Waals surface area contributed by atoms with Crippen LogP contribution in [0, 0.1) is 5.82 Å². The minimum atomic E-state index is -0.316. The van der Waals surface area contributed by atoms with Crippen molar-refractivity contribution >= 4 is 6.03 Å². The van der Waals surface area contributed by atoms with Gasteiger partial charge in [-0.25, -0.2) is 9.18 Å². The molecule has 1 N–H and O–H groups in total. The Kier molecular flexibility index (Phi) is 5.85. The van der Waals surface area contributed by atoms with E-state index in [1.54, 1.807) is 37.8 Å². The second kappa shape index (κ2) is 8.07. The largest absolute Gasteiger partial charge is 0.489 e. The molecule has 0 aliphatic heterocycles. The first-order chi connectivity index (χ1) is 11.0. The van der Waals surface area contributed by atoms with Gasteiger partial charge < -0.3 is 15.0 Å². The fourth-order valence-corrected chi connectivity index (χ4v) is 1.88. The summed E-state index contributed by atoms with van der Waals surface area (Å²) in [5.41, 5.74) is 0.709. The number of hydrogen-bond acceptors (Lipinski definition) is 4. The molecule has 0 fully saturated rings. The topological polar surface area (TPSA) is 67.4 Å². The average Bonchev–Trinajstić information content (AvgIpc) is 2.55. The third-order valence-corrected chi connectivity index (χ3v) is 3.05. The lowest BCUT2D eigenvalue weighted by Gasteiger charge is -2.20. The van der Waals surface area contributed by atoms with Crippen LogP contribution in [-0.4, -0.2) is 40.6 Å². The van der Waals surface area contributed by atoms with Crippen molar-refractivity contribution in [3.8, 4) is 5.75 Å². The molecule has 0 aliphatic rings. The lowest BCUT2D eigenvalue weighted by atomic mass is 10.3. The number of carbonyl (C=O) groups is 1. The van der Waals surface area contributed by atoms with E-state index in [0.717, 1.165) is 0 Å². The molecule has 1 heterocycles. The van der Waals surface area contributed by atoms with Crippen molar-refractivity contribution in [2.45, 2.75) is 19.6 Å². The third-order valence-electron chi connectivity index (χ3n) is 3.05. The number of urea groups is 1. The number of benzene rings is 1. The quantitative estimate of drug-likeness (QED) is 0.887. The van der Waals surface area contributed by atoms with Crippen molar-refractivity contribution in [3.05, 3.63) is 54.4 Å². The molecule has 2 amide bonds. The van der Waals surface area contributed by atoms with Crippen LogP contribution in [0.2, 0.25) is 0 Å². The zero-order valence-corrected chi connectivity index (χ0v) is 13.1. The van der Waals surface area contributed by atoms with E-state index < -0.39 is 0 Å². The monoisotopic (exact) mass is 318 g/mol. The number of rotatable bonds is 6. The highest BCUT2D eigenvalue weighted by Crippen LogP contribution is 2.12. The van der Waals surface area contributed by atoms with E-state index in [-0.39, 0.29) is 18.0 Å². The van der Waals surface area contributed by atoms with Crippen molar-refractivity contribution in [1.29, 1.82) is 0 Å². The number of ether oxygens (including phenoxy) is 1. The molecule has 0 radical (unpaired) electrons. The first-order valence-corrected chi connectivity index (χ1v) is 7.20. The molecule has 23 heavy (non-hydrogen) atoms. The van der Waals surface area contributed by atoms with Crippen molar-refractivity contribution in [3.63, 3.8) is 0 Å². The molecular weight excluding hydrogens is 299 g/mol. The van der Waals surface area contributed by atoms with E-state index in [4.69, 9.17) is 4.74 Å². The van der Waals surface area contributed by atoms with Gasteiger partial charge in [-0.05, 0) is 31.2 Å². The van der Waals surface area contributed by atoms with E-state index in [1.165, 1.54) is 17.0 Å². The second-order valence-electron chi connectivity index (χ2n) is 5.12. The van der Waals surface area contributed by atoms with Crippen LogP contribution in [0.3, 0.4) is 0 Å². The lowest BCUT2D eigenvalue weighted by Crippen LogP contribution is -2.41. The van der Waals surface area contributed by atoms with Gasteiger partial charge in [0.15, 0.2) is 0 Å². The molecule has 0 spiro atoms. The van der Waals surface area contributed by atoms with Gasteiger partial charge in [0.25, 0.3) is 0 Å². The Balaban J connectivity index is 1.75. The van der Waals surface area contributed by atoms with E-state index >= 15 is 0 Å². The van der Waals surface area contributed by atoms with Crippen molar-refractivity contribution in [2.24, 2.45) is 0 Å². The van der Waals surface area contributed by atoms with E-state index in [0.29, 0.717) is 24.5 Å². The Bertz CT molecular complexity index is 622. The highest BCUT2D eigenvalue weighted by molar-refractivity contribution is 5.73. The molecule has 0 unspecified atom stereocenters. The fraction of sp³-hybridized carbons (Fsp3) is 0.312. The van der Waals surface area contributed by atoms with Crippen molar-refractivity contribution in [2.75, 3.05) is 13.6 Å². The smallest absolute Gasteiger partial charge is 0.317 e. The number of nitrogens with zero attached hydrogens (tertiary/aromatic N) is 3. The molecule has 0 saturated carbocycles. The van der Waals surface area contributed by atoms with Gasteiger partial charge in [0.2, 0.25) is 0 Å². The Labute approximate surface area is 134 Å². The lowest BCUT2D eigenvalue weighted by molar-refractivity contribution is 0.188. The molecule has 2 aromatic rings. The molecule has 6 nitrogen and oxygen atoms in total. The summed E-state index contributed by atoms with van der Waals surface area (Å²) in [5.74, 6) is 0.241.